The van der Waals surface area contributed by atoms with E-state index in [-0.39, 0.29) is 0 Å². The van der Waals surface area contributed by atoms with Gasteiger partial charge in [-0.2, -0.15) is 0 Å². The maximum absolute atomic E-state index is 12.4. The van der Waals surface area contributed by atoms with Gasteiger partial charge in [0, 0.05) is 12.3 Å². The number of carboxylic acids is 1. The van der Waals surface area contributed by atoms with Crippen LogP contribution in [-0.2, 0) is 38.0 Å². The molecule has 0 aliphatic carbocycles. The minimum Gasteiger partial charge on any atom is -0.477 e. The first kappa shape index (κ1) is 42.4. The van der Waals surface area contributed by atoms with Gasteiger partial charge in [0.2, 0.25) is 0 Å². The van der Waals surface area contributed by atoms with E-state index in [0.29, 0.717) is 0 Å². The van der Waals surface area contributed by atoms with Crippen molar-refractivity contribution in [1.29, 1.82) is 0 Å². The second kappa shape index (κ2) is 17.4. The lowest BCUT2D eigenvalue weighted by molar-refractivity contribution is -0.370. The Morgan fingerprint density at radius 1 is 0.784 bits per heavy atom. The number of aliphatic carboxylic acids is 1. The van der Waals surface area contributed by atoms with Crippen molar-refractivity contribution in [3.63, 3.8) is 0 Å². The first-order chi connectivity index (χ1) is 23.9. The summed E-state index contributed by atoms with van der Waals surface area (Å²) < 4.78 is 39.4. The maximum Gasteiger partial charge on any atom is 0.364 e. The highest BCUT2D eigenvalue weighted by Gasteiger charge is 2.57. The summed E-state index contributed by atoms with van der Waals surface area (Å²) in [4.78, 5) is 12.4. The number of aliphatic hydroxyl groups excluding tert-OH is 12. The van der Waals surface area contributed by atoms with Gasteiger partial charge >= 0.3 is 5.97 Å². The van der Waals surface area contributed by atoms with Crippen LogP contribution in [0, 0.1) is 5.92 Å². The Bertz CT molecular complexity index is 1120. The summed E-state index contributed by atoms with van der Waals surface area (Å²) in [6, 6.07) is -1.44. The van der Waals surface area contributed by atoms with Crippen LogP contribution in [0.2, 0.25) is 0 Å². The summed E-state index contributed by atoms with van der Waals surface area (Å²) in [5.74, 6) is -5.57. The van der Waals surface area contributed by atoms with Gasteiger partial charge in [0.15, 0.2) is 12.6 Å². The molecule has 22 heteroatoms. The standard InChI is InChI=1S/C29H51NO21/c1-8-16(36)24(13(6-33)47-26(8)49-23-9(2)46-12(5-32)18(38)21(23)41)50-27-22(42)20(40)19(39)14(48-27)7-45-29(28(43)44)3-10(34)15(30)25(51-29)17(37)11(35)4-31/h8-27,31-42H,3-7,30H2,1-2H3,(H,43,44)/t8?,9-,10-,11?,12?,13+,14?,15-,16?,17-,18-,19+,20?,21?,22+,23+,24-,25?,26+,27+,29-/m1/s1. The van der Waals surface area contributed by atoms with Gasteiger partial charge in [-0.3, -0.25) is 0 Å². The van der Waals surface area contributed by atoms with E-state index in [4.69, 9.17) is 38.9 Å². The second-order valence-corrected chi connectivity index (χ2v) is 13.4. The Kier molecular flexibility index (Phi) is 14.5. The summed E-state index contributed by atoms with van der Waals surface area (Å²) in [6.07, 6.45) is -29.5. The summed E-state index contributed by atoms with van der Waals surface area (Å²) in [7, 11) is 0. The van der Waals surface area contributed by atoms with Crippen molar-refractivity contribution < 1.29 is 104 Å². The van der Waals surface area contributed by atoms with Gasteiger partial charge in [0.05, 0.1) is 50.8 Å². The van der Waals surface area contributed by atoms with E-state index in [2.05, 4.69) is 0 Å². The topological polar surface area (TPSA) is 371 Å². The Hall–Kier alpha value is -1.33. The Balaban J connectivity index is 1.46. The molecule has 4 rings (SSSR count). The van der Waals surface area contributed by atoms with E-state index in [9.17, 15) is 71.2 Å². The van der Waals surface area contributed by atoms with Crippen LogP contribution in [0.1, 0.15) is 20.3 Å². The molecule has 4 heterocycles. The van der Waals surface area contributed by atoms with Crippen molar-refractivity contribution >= 4 is 5.97 Å². The predicted molar refractivity (Wildman–Crippen MR) is 160 cm³/mol. The summed E-state index contributed by atoms with van der Waals surface area (Å²) in [5, 5.41) is 134. The molecule has 8 unspecified atom stereocenters. The third-order valence-electron chi connectivity index (χ3n) is 9.86. The first-order valence-corrected chi connectivity index (χ1v) is 16.5. The molecule has 4 aliphatic rings. The zero-order chi connectivity index (χ0) is 38.1. The number of hydrogen-bond acceptors (Lipinski definition) is 21. The quantitative estimate of drug-likeness (QED) is 0.0831. The lowest BCUT2D eigenvalue weighted by Gasteiger charge is -2.49. The van der Waals surface area contributed by atoms with Crippen LogP contribution in [-0.4, -0.2) is 221 Å². The van der Waals surface area contributed by atoms with Crippen molar-refractivity contribution in [3.8, 4) is 0 Å². The van der Waals surface area contributed by atoms with Gasteiger partial charge in [-0.15, -0.1) is 0 Å². The fraction of sp³-hybridized carbons (Fsp3) is 0.966. The molecule has 0 radical (unpaired) electrons. The Morgan fingerprint density at radius 2 is 1.37 bits per heavy atom. The van der Waals surface area contributed by atoms with Crippen LogP contribution in [0.15, 0.2) is 0 Å². The molecule has 298 valence electrons. The van der Waals surface area contributed by atoms with Gasteiger partial charge in [-0.1, -0.05) is 6.92 Å². The largest absolute Gasteiger partial charge is 0.477 e. The molecule has 15 N–H and O–H groups in total. The molecule has 0 aromatic heterocycles. The maximum atomic E-state index is 12.4. The number of ether oxygens (including phenoxy) is 7. The number of aliphatic hydroxyl groups is 12. The number of carbonyl (C=O) groups is 1. The minimum absolute atomic E-state index is 0.573. The average molecular weight is 750 g/mol. The molecular weight excluding hydrogens is 698 g/mol. The summed E-state index contributed by atoms with van der Waals surface area (Å²) >= 11 is 0. The lowest BCUT2D eigenvalue weighted by Crippen LogP contribution is -2.67. The van der Waals surface area contributed by atoms with E-state index in [1.807, 2.05) is 0 Å². The third-order valence-corrected chi connectivity index (χ3v) is 9.86. The molecule has 4 saturated heterocycles. The second-order valence-electron chi connectivity index (χ2n) is 13.4. The smallest absolute Gasteiger partial charge is 0.364 e. The van der Waals surface area contributed by atoms with Crippen molar-refractivity contribution in [3.05, 3.63) is 0 Å². The Morgan fingerprint density at radius 3 is 1.96 bits per heavy atom. The van der Waals surface area contributed by atoms with Gasteiger partial charge < -0.3 is 105 Å². The zero-order valence-corrected chi connectivity index (χ0v) is 27.7. The molecule has 0 saturated carbocycles. The lowest BCUT2D eigenvalue weighted by atomic mass is 9.89. The van der Waals surface area contributed by atoms with Gasteiger partial charge in [-0.05, 0) is 6.92 Å². The molecule has 22 nitrogen and oxygen atoms in total. The summed E-state index contributed by atoms with van der Waals surface area (Å²) in [5.41, 5.74) is 5.86. The first-order valence-electron chi connectivity index (χ1n) is 16.5. The van der Waals surface area contributed by atoms with Crippen molar-refractivity contribution in [2.75, 3.05) is 26.4 Å². The van der Waals surface area contributed by atoms with E-state index < -0.39 is 167 Å². The van der Waals surface area contributed by atoms with Crippen molar-refractivity contribution in [2.45, 2.75) is 142 Å². The van der Waals surface area contributed by atoms with Crippen LogP contribution in [0.5, 0.6) is 0 Å². The predicted octanol–water partition coefficient (Wildman–Crippen LogP) is -8.23. The van der Waals surface area contributed by atoms with Crippen LogP contribution < -0.4 is 5.73 Å². The average Bonchev–Trinajstić information content (AvgIpc) is 3.10. The zero-order valence-electron chi connectivity index (χ0n) is 27.7. The third kappa shape index (κ3) is 8.66. The van der Waals surface area contributed by atoms with Crippen molar-refractivity contribution in [2.24, 2.45) is 11.7 Å². The number of nitrogens with two attached hydrogens (primary N) is 1. The van der Waals surface area contributed by atoms with E-state index >= 15 is 0 Å². The van der Waals surface area contributed by atoms with Crippen LogP contribution in [0.3, 0.4) is 0 Å². The number of hydrogen-bond donors (Lipinski definition) is 14. The molecule has 51 heavy (non-hydrogen) atoms. The molecule has 0 spiro atoms. The number of rotatable bonds is 13. The van der Waals surface area contributed by atoms with Crippen LogP contribution in [0.4, 0.5) is 0 Å². The molecule has 0 aromatic carbocycles. The van der Waals surface area contributed by atoms with Gasteiger partial charge in [0.25, 0.3) is 5.79 Å². The molecule has 4 fully saturated rings. The highest BCUT2D eigenvalue weighted by molar-refractivity contribution is 5.76. The molecule has 0 amide bonds. The normalized spacial score (nSPS) is 49.3. The molecule has 0 aromatic rings. The highest BCUT2D eigenvalue weighted by atomic mass is 16.8. The van der Waals surface area contributed by atoms with Crippen LogP contribution in [0.25, 0.3) is 0 Å². The summed E-state index contributed by atoms with van der Waals surface area (Å²) in [6.45, 7) is -0.285. The van der Waals surface area contributed by atoms with Crippen LogP contribution >= 0.6 is 0 Å². The minimum atomic E-state index is -2.76. The fourth-order valence-corrected chi connectivity index (χ4v) is 6.58. The number of carboxylic acid groups (broad SMARTS) is 1. The molecular formula is C29H51NO21. The molecule has 0 bridgehead atoms. The fourth-order valence-electron chi connectivity index (χ4n) is 6.58. The monoisotopic (exact) mass is 749 g/mol. The van der Waals surface area contributed by atoms with Crippen molar-refractivity contribution in [1.82, 2.24) is 0 Å². The van der Waals surface area contributed by atoms with Gasteiger partial charge in [-0.25, -0.2) is 4.79 Å². The van der Waals surface area contributed by atoms with E-state index in [1.165, 1.54) is 13.8 Å². The van der Waals surface area contributed by atoms with E-state index in [1.54, 1.807) is 0 Å². The Labute approximate surface area is 291 Å². The van der Waals surface area contributed by atoms with Gasteiger partial charge in [0.1, 0.15) is 79.4 Å². The van der Waals surface area contributed by atoms with E-state index in [0.717, 1.165) is 0 Å². The SMILES string of the molecule is CC1C(O)[C@H](O[C@@H]2OC(CO[C@]3(C(=O)O)C[C@@H](O)[C@@H](N)C([C@H](O)C(O)CO)O3)[C@H](O)C(O)[C@@H]2O)[C@H](CO)O[C@H]1O[C@@H]1C(O)[C@H](O)C(CO)O[C@@H]1C. The highest BCUT2D eigenvalue weighted by Crippen LogP contribution is 2.36. The molecule has 21 atom stereocenters. The molecule has 4 aliphatic heterocycles.